The molecule has 0 aliphatic heterocycles. The number of benzene rings is 2. The van der Waals surface area contributed by atoms with Crippen LogP contribution in [0, 0.1) is 0 Å². The third kappa shape index (κ3) is 3.81. The third-order valence-corrected chi connectivity index (χ3v) is 4.18. The molecule has 1 N–H and O–H groups in total. The quantitative estimate of drug-likeness (QED) is 0.708. The Morgan fingerprint density at radius 2 is 2.00 bits per heavy atom. The lowest BCUT2D eigenvalue weighted by atomic mass is 10.2. The second-order valence-electron chi connectivity index (χ2n) is 4.93. The van der Waals surface area contributed by atoms with Crippen LogP contribution < -0.4 is 5.32 Å². The van der Waals surface area contributed by atoms with Crippen LogP contribution >= 0.6 is 27.5 Å². The molecule has 23 heavy (non-hydrogen) atoms. The standard InChI is InChI=1S/C17H13BrClN3O/c18-14-6-3-5-12(10-14)17(23)21-16-8-9-20-22(16)11-13-4-1-2-7-15(13)19/h1-10H,11H2,(H,21,23). The normalized spacial score (nSPS) is 10.5. The molecule has 0 saturated carbocycles. The van der Waals surface area contributed by atoms with Crippen molar-refractivity contribution in [2.45, 2.75) is 6.54 Å². The van der Waals surface area contributed by atoms with Crippen LogP contribution in [0.4, 0.5) is 5.82 Å². The van der Waals surface area contributed by atoms with Crippen LogP contribution in [0.2, 0.25) is 5.02 Å². The second-order valence-corrected chi connectivity index (χ2v) is 6.25. The maximum Gasteiger partial charge on any atom is 0.256 e. The molecule has 0 bridgehead atoms. The number of carbonyl (C=O) groups is 1. The summed E-state index contributed by atoms with van der Waals surface area (Å²) in [5, 5.41) is 7.80. The molecule has 6 heteroatoms. The van der Waals surface area contributed by atoms with E-state index in [0.717, 1.165) is 10.0 Å². The largest absolute Gasteiger partial charge is 0.307 e. The van der Waals surface area contributed by atoms with E-state index in [9.17, 15) is 4.79 Å². The SMILES string of the molecule is O=C(Nc1ccnn1Cc1ccccc1Cl)c1cccc(Br)c1. The summed E-state index contributed by atoms with van der Waals surface area (Å²) in [7, 11) is 0. The van der Waals surface area contributed by atoms with Gasteiger partial charge in [0.25, 0.3) is 5.91 Å². The number of anilines is 1. The zero-order chi connectivity index (χ0) is 16.2. The molecule has 0 aliphatic carbocycles. The molecule has 0 radical (unpaired) electrons. The van der Waals surface area contributed by atoms with Crippen molar-refractivity contribution in [2.75, 3.05) is 5.32 Å². The Balaban J connectivity index is 1.79. The van der Waals surface area contributed by atoms with Crippen molar-refractivity contribution >= 4 is 39.3 Å². The summed E-state index contributed by atoms with van der Waals surface area (Å²) >= 11 is 9.54. The minimum Gasteiger partial charge on any atom is -0.307 e. The van der Waals surface area contributed by atoms with Crippen LogP contribution in [0.15, 0.2) is 65.3 Å². The average molecular weight is 391 g/mol. The molecule has 0 fully saturated rings. The van der Waals surface area contributed by atoms with E-state index in [1.54, 1.807) is 29.1 Å². The van der Waals surface area contributed by atoms with Crippen LogP contribution in [-0.4, -0.2) is 15.7 Å². The molecule has 116 valence electrons. The molecule has 1 heterocycles. The van der Waals surface area contributed by atoms with Crippen molar-refractivity contribution in [2.24, 2.45) is 0 Å². The highest BCUT2D eigenvalue weighted by Gasteiger charge is 2.11. The Morgan fingerprint density at radius 1 is 1.17 bits per heavy atom. The fourth-order valence-electron chi connectivity index (χ4n) is 2.17. The van der Waals surface area contributed by atoms with Crippen molar-refractivity contribution in [3.63, 3.8) is 0 Å². The first-order chi connectivity index (χ1) is 11.1. The molecule has 3 aromatic rings. The van der Waals surface area contributed by atoms with Crippen LogP contribution in [0.25, 0.3) is 0 Å². The molecule has 0 aliphatic rings. The predicted octanol–water partition coefficient (Wildman–Crippen LogP) is 4.60. The first-order valence-electron chi connectivity index (χ1n) is 6.95. The first-order valence-corrected chi connectivity index (χ1v) is 8.13. The van der Waals surface area contributed by atoms with Crippen LogP contribution in [0.3, 0.4) is 0 Å². The summed E-state index contributed by atoms with van der Waals surface area (Å²) in [5.41, 5.74) is 1.51. The Hall–Kier alpha value is -2.11. The summed E-state index contributed by atoms with van der Waals surface area (Å²) in [6.07, 6.45) is 1.65. The maximum absolute atomic E-state index is 12.3. The van der Waals surface area contributed by atoms with Crippen molar-refractivity contribution in [1.82, 2.24) is 9.78 Å². The van der Waals surface area contributed by atoms with Crippen LogP contribution in [-0.2, 0) is 6.54 Å². The number of rotatable bonds is 4. The fourth-order valence-corrected chi connectivity index (χ4v) is 2.77. The highest BCUT2D eigenvalue weighted by Crippen LogP contribution is 2.19. The zero-order valence-corrected chi connectivity index (χ0v) is 14.4. The summed E-state index contributed by atoms with van der Waals surface area (Å²) < 4.78 is 2.56. The lowest BCUT2D eigenvalue weighted by molar-refractivity contribution is 0.102. The monoisotopic (exact) mass is 389 g/mol. The smallest absolute Gasteiger partial charge is 0.256 e. The summed E-state index contributed by atoms with van der Waals surface area (Å²) in [4.78, 5) is 12.3. The molecule has 0 saturated heterocycles. The lowest BCUT2D eigenvalue weighted by Crippen LogP contribution is -2.16. The van der Waals surface area contributed by atoms with E-state index in [4.69, 9.17) is 11.6 Å². The van der Waals surface area contributed by atoms with Gasteiger partial charge < -0.3 is 5.32 Å². The van der Waals surface area contributed by atoms with Gasteiger partial charge in [-0.1, -0.05) is 51.8 Å². The van der Waals surface area contributed by atoms with Crippen molar-refractivity contribution in [1.29, 1.82) is 0 Å². The minimum atomic E-state index is -0.188. The van der Waals surface area contributed by atoms with Crippen molar-refractivity contribution in [3.05, 3.63) is 81.4 Å². The van der Waals surface area contributed by atoms with Crippen LogP contribution in [0.1, 0.15) is 15.9 Å². The molecular weight excluding hydrogens is 378 g/mol. The van der Waals surface area contributed by atoms with E-state index in [2.05, 4.69) is 26.3 Å². The number of nitrogens with zero attached hydrogens (tertiary/aromatic N) is 2. The highest BCUT2D eigenvalue weighted by atomic mass is 79.9. The Labute approximate surface area is 147 Å². The van der Waals surface area contributed by atoms with Crippen LogP contribution in [0.5, 0.6) is 0 Å². The summed E-state index contributed by atoms with van der Waals surface area (Å²) in [6, 6.07) is 16.5. The van der Waals surface area contributed by atoms with Crippen molar-refractivity contribution < 1.29 is 4.79 Å². The Morgan fingerprint density at radius 3 is 2.78 bits per heavy atom. The van der Waals surface area contributed by atoms with E-state index in [1.165, 1.54) is 0 Å². The first kappa shape index (κ1) is 15.8. The number of amides is 1. The topological polar surface area (TPSA) is 46.9 Å². The van der Waals surface area contributed by atoms with Gasteiger partial charge in [0.05, 0.1) is 12.7 Å². The molecule has 1 aromatic heterocycles. The third-order valence-electron chi connectivity index (χ3n) is 3.32. The summed E-state index contributed by atoms with van der Waals surface area (Å²) in [5.74, 6) is 0.433. The van der Waals surface area contributed by atoms with Gasteiger partial charge in [0, 0.05) is 21.1 Å². The molecule has 4 nitrogen and oxygen atoms in total. The number of aromatic nitrogens is 2. The molecule has 0 unspecified atom stereocenters. The van der Waals surface area contributed by atoms with Gasteiger partial charge in [-0.05, 0) is 29.8 Å². The molecule has 0 spiro atoms. The van der Waals surface area contributed by atoms with Gasteiger partial charge in [-0.3, -0.25) is 4.79 Å². The van der Waals surface area contributed by atoms with E-state index < -0.39 is 0 Å². The molecule has 1 amide bonds. The number of hydrogen-bond donors (Lipinski definition) is 1. The van der Waals surface area contributed by atoms with E-state index in [-0.39, 0.29) is 5.91 Å². The van der Waals surface area contributed by atoms with Gasteiger partial charge >= 0.3 is 0 Å². The average Bonchev–Trinajstić information content (AvgIpc) is 2.96. The number of hydrogen-bond acceptors (Lipinski definition) is 2. The van der Waals surface area contributed by atoms with Crippen molar-refractivity contribution in [3.8, 4) is 0 Å². The zero-order valence-electron chi connectivity index (χ0n) is 12.0. The Kier molecular flexibility index (Phi) is 4.79. The van der Waals surface area contributed by atoms with Gasteiger partial charge in [0.1, 0.15) is 5.82 Å². The molecule has 0 atom stereocenters. The minimum absolute atomic E-state index is 0.188. The second kappa shape index (κ2) is 6.98. The Bertz CT molecular complexity index is 847. The summed E-state index contributed by atoms with van der Waals surface area (Å²) in [6.45, 7) is 0.487. The van der Waals surface area contributed by atoms with Gasteiger partial charge in [-0.2, -0.15) is 5.10 Å². The van der Waals surface area contributed by atoms with E-state index >= 15 is 0 Å². The van der Waals surface area contributed by atoms with Gasteiger partial charge in [-0.15, -0.1) is 0 Å². The lowest BCUT2D eigenvalue weighted by Gasteiger charge is -2.10. The number of nitrogens with one attached hydrogen (secondary N) is 1. The van der Waals surface area contributed by atoms with E-state index in [0.29, 0.717) is 22.9 Å². The van der Waals surface area contributed by atoms with Gasteiger partial charge in [-0.25, -0.2) is 4.68 Å². The number of carbonyl (C=O) groups excluding carboxylic acids is 1. The molecular formula is C17H13BrClN3O. The molecule has 3 rings (SSSR count). The van der Waals surface area contributed by atoms with Gasteiger partial charge in [0.15, 0.2) is 0 Å². The molecule has 2 aromatic carbocycles. The maximum atomic E-state index is 12.3. The van der Waals surface area contributed by atoms with Gasteiger partial charge in [0.2, 0.25) is 0 Å². The van der Waals surface area contributed by atoms with E-state index in [1.807, 2.05) is 36.4 Å². The number of halogens is 2. The fraction of sp³-hybridized carbons (Fsp3) is 0.0588. The predicted molar refractivity (Wildman–Crippen MR) is 94.9 cm³/mol. The highest BCUT2D eigenvalue weighted by molar-refractivity contribution is 9.10.